The molecule has 0 saturated carbocycles. The van der Waals surface area contributed by atoms with E-state index in [1.54, 1.807) is 24.3 Å². The third kappa shape index (κ3) is 5.42. The van der Waals surface area contributed by atoms with Crippen LogP contribution in [-0.2, 0) is 9.53 Å². The molecule has 0 aliphatic heterocycles. The van der Waals surface area contributed by atoms with Crippen LogP contribution in [0.4, 0.5) is 0 Å². The van der Waals surface area contributed by atoms with Gasteiger partial charge in [0.1, 0.15) is 5.60 Å². The van der Waals surface area contributed by atoms with Crippen molar-refractivity contribution in [3.8, 4) is 0 Å². The summed E-state index contributed by atoms with van der Waals surface area (Å²) in [5.41, 5.74) is 1.97. The molecule has 0 unspecified atom stereocenters. The number of benzene rings is 2. The molecule has 2 rings (SSSR count). The molecule has 2 nitrogen and oxygen atoms in total. The van der Waals surface area contributed by atoms with Crippen molar-refractivity contribution in [2.75, 3.05) is 0 Å². The maximum absolute atomic E-state index is 12.2. The van der Waals surface area contributed by atoms with E-state index < -0.39 is 11.6 Å². The minimum Gasteiger partial charge on any atom is -0.457 e. The summed E-state index contributed by atoms with van der Waals surface area (Å²) in [6, 6.07) is 14.6. The Morgan fingerprint density at radius 2 is 1.26 bits per heavy atom. The van der Waals surface area contributed by atoms with Crippen molar-refractivity contribution < 1.29 is 9.53 Å². The second-order valence-electron chi connectivity index (χ2n) is 6.11. The van der Waals surface area contributed by atoms with Gasteiger partial charge in [-0.15, -0.1) is 0 Å². The number of rotatable bonds is 3. The molecule has 0 radical (unpaired) electrons. The van der Waals surface area contributed by atoms with Gasteiger partial charge in [0.05, 0.1) is 0 Å². The van der Waals surface area contributed by atoms with Gasteiger partial charge in [0, 0.05) is 16.1 Å². The van der Waals surface area contributed by atoms with Gasteiger partial charge in [0.15, 0.2) is 0 Å². The lowest BCUT2D eigenvalue weighted by Gasteiger charge is -2.19. The van der Waals surface area contributed by atoms with Crippen LogP contribution in [0.3, 0.4) is 0 Å². The van der Waals surface area contributed by atoms with Crippen LogP contribution in [0.25, 0.3) is 5.57 Å². The van der Waals surface area contributed by atoms with E-state index in [9.17, 15) is 4.79 Å². The van der Waals surface area contributed by atoms with Gasteiger partial charge in [-0.3, -0.25) is 0 Å². The first-order valence-electron chi connectivity index (χ1n) is 7.21. The van der Waals surface area contributed by atoms with Crippen LogP contribution in [0.5, 0.6) is 0 Å². The van der Waals surface area contributed by atoms with Crippen molar-refractivity contribution in [3.05, 3.63) is 75.8 Å². The van der Waals surface area contributed by atoms with E-state index in [-0.39, 0.29) is 0 Å². The Kier molecular flexibility index (Phi) is 5.51. The number of hydrogen-bond acceptors (Lipinski definition) is 2. The van der Waals surface area contributed by atoms with Gasteiger partial charge in [0.2, 0.25) is 0 Å². The summed E-state index contributed by atoms with van der Waals surface area (Å²) in [6.07, 6.45) is 1.50. The molecule has 0 amide bonds. The first kappa shape index (κ1) is 17.6. The van der Waals surface area contributed by atoms with Crippen molar-refractivity contribution in [3.63, 3.8) is 0 Å². The molecule has 23 heavy (non-hydrogen) atoms. The van der Waals surface area contributed by atoms with Crippen LogP contribution in [0, 0.1) is 0 Å². The fourth-order valence-corrected chi connectivity index (χ4v) is 2.29. The molecule has 0 atom stereocenters. The van der Waals surface area contributed by atoms with E-state index in [2.05, 4.69) is 0 Å². The Balaban J connectivity index is 2.44. The maximum atomic E-state index is 12.2. The van der Waals surface area contributed by atoms with Crippen molar-refractivity contribution in [2.45, 2.75) is 26.4 Å². The Bertz CT molecular complexity index is 661. The number of carbonyl (C=O) groups is 1. The molecule has 0 spiro atoms. The molecule has 2 aromatic rings. The lowest BCUT2D eigenvalue weighted by molar-refractivity contribution is -0.148. The predicted molar refractivity (Wildman–Crippen MR) is 95.8 cm³/mol. The summed E-state index contributed by atoms with van der Waals surface area (Å²) >= 11 is 11.9. The zero-order chi connectivity index (χ0) is 17.0. The van der Waals surface area contributed by atoms with Crippen LogP contribution in [0.15, 0.2) is 54.6 Å². The van der Waals surface area contributed by atoms with Crippen molar-refractivity contribution in [1.82, 2.24) is 0 Å². The van der Waals surface area contributed by atoms with Crippen LogP contribution >= 0.6 is 23.2 Å². The zero-order valence-corrected chi connectivity index (χ0v) is 14.8. The normalized spacial score (nSPS) is 11.0. The Morgan fingerprint density at radius 3 is 1.61 bits per heavy atom. The molecule has 0 aliphatic carbocycles. The molecule has 0 saturated heterocycles. The average molecular weight is 349 g/mol. The summed E-state index contributed by atoms with van der Waals surface area (Å²) in [4.78, 5) is 12.2. The van der Waals surface area contributed by atoms with Crippen LogP contribution < -0.4 is 0 Å². The number of halogens is 2. The quantitative estimate of drug-likeness (QED) is 0.520. The second-order valence-corrected chi connectivity index (χ2v) is 6.98. The lowest BCUT2D eigenvalue weighted by Crippen LogP contribution is -2.22. The Hall–Kier alpha value is -1.77. The Labute approximate surface area is 146 Å². The molecular formula is C19H18Cl2O2. The summed E-state index contributed by atoms with van der Waals surface area (Å²) in [6.45, 7) is 5.51. The minimum absolute atomic E-state index is 0.391. The van der Waals surface area contributed by atoms with Crippen molar-refractivity contribution >= 4 is 34.7 Å². The SMILES string of the molecule is CC(C)(C)OC(=O)C=C(c1ccc(Cl)cc1)c1ccc(Cl)cc1. The van der Waals surface area contributed by atoms with Crippen LogP contribution in [-0.4, -0.2) is 11.6 Å². The molecule has 0 heterocycles. The fourth-order valence-electron chi connectivity index (χ4n) is 2.04. The van der Waals surface area contributed by atoms with Gasteiger partial charge in [-0.05, 0) is 61.7 Å². The van der Waals surface area contributed by atoms with E-state index >= 15 is 0 Å². The van der Waals surface area contributed by atoms with E-state index in [0.29, 0.717) is 10.0 Å². The fraction of sp³-hybridized carbons (Fsp3) is 0.211. The molecule has 0 aliphatic rings. The van der Waals surface area contributed by atoms with Crippen LogP contribution in [0.1, 0.15) is 31.9 Å². The number of hydrogen-bond donors (Lipinski definition) is 0. The van der Waals surface area contributed by atoms with Gasteiger partial charge in [-0.2, -0.15) is 0 Å². The highest BCUT2D eigenvalue weighted by Gasteiger charge is 2.16. The van der Waals surface area contributed by atoms with E-state index in [4.69, 9.17) is 27.9 Å². The number of carbonyl (C=O) groups excluding carboxylic acids is 1. The number of ether oxygens (including phenoxy) is 1. The predicted octanol–water partition coefficient (Wildman–Crippen LogP) is 5.77. The van der Waals surface area contributed by atoms with Gasteiger partial charge >= 0.3 is 5.97 Å². The summed E-state index contributed by atoms with van der Waals surface area (Å²) in [7, 11) is 0. The van der Waals surface area contributed by atoms with Crippen molar-refractivity contribution in [1.29, 1.82) is 0 Å². The first-order valence-corrected chi connectivity index (χ1v) is 7.97. The van der Waals surface area contributed by atoms with Gasteiger partial charge < -0.3 is 4.74 Å². The van der Waals surface area contributed by atoms with Gasteiger partial charge in [-0.25, -0.2) is 4.79 Å². The van der Waals surface area contributed by atoms with Gasteiger partial charge in [0.25, 0.3) is 0 Å². The highest BCUT2D eigenvalue weighted by molar-refractivity contribution is 6.31. The molecule has 0 aromatic heterocycles. The topological polar surface area (TPSA) is 26.3 Å². The van der Waals surface area contributed by atoms with E-state index in [1.807, 2.05) is 45.0 Å². The molecule has 2 aromatic carbocycles. The van der Waals surface area contributed by atoms with Crippen molar-refractivity contribution in [2.24, 2.45) is 0 Å². The average Bonchev–Trinajstić information content (AvgIpc) is 2.45. The summed E-state index contributed by atoms with van der Waals surface area (Å²) in [5.74, 6) is -0.391. The molecule has 4 heteroatoms. The third-order valence-corrected chi connectivity index (χ3v) is 3.48. The Morgan fingerprint density at radius 1 is 0.870 bits per heavy atom. The molecule has 120 valence electrons. The standard InChI is InChI=1S/C19H18Cl2O2/c1-19(2,3)23-18(22)12-17(13-4-8-15(20)9-5-13)14-6-10-16(21)11-7-14/h4-12H,1-3H3. The molecule has 0 N–H and O–H groups in total. The first-order chi connectivity index (χ1) is 10.7. The second kappa shape index (κ2) is 7.20. The van der Waals surface area contributed by atoms with Crippen LogP contribution in [0.2, 0.25) is 10.0 Å². The number of esters is 1. The smallest absolute Gasteiger partial charge is 0.331 e. The molecular weight excluding hydrogens is 331 g/mol. The highest BCUT2D eigenvalue weighted by atomic mass is 35.5. The minimum atomic E-state index is -0.543. The zero-order valence-electron chi connectivity index (χ0n) is 13.3. The van der Waals surface area contributed by atoms with Gasteiger partial charge in [-0.1, -0.05) is 47.5 Å². The maximum Gasteiger partial charge on any atom is 0.331 e. The molecule has 0 bridgehead atoms. The van der Waals surface area contributed by atoms with E-state index in [1.165, 1.54) is 6.08 Å². The molecule has 0 fully saturated rings. The lowest BCUT2D eigenvalue weighted by atomic mass is 9.97. The summed E-state index contributed by atoms with van der Waals surface area (Å²) < 4.78 is 5.39. The summed E-state index contributed by atoms with van der Waals surface area (Å²) in [5, 5.41) is 1.28. The largest absolute Gasteiger partial charge is 0.457 e. The highest BCUT2D eigenvalue weighted by Crippen LogP contribution is 2.26. The monoisotopic (exact) mass is 348 g/mol. The van der Waals surface area contributed by atoms with E-state index in [0.717, 1.165) is 16.7 Å². The third-order valence-electron chi connectivity index (χ3n) is 2.98.